The van der Waals surface area contributed by atoms with Crippen LogP contribution in [0.1, 0.15) is 34.5 Å². The van der Waals surface area contributed by atoms with Gasteiger partial charge in [-0.05, 0) is 31.4 Å². The fourth-order valence-electron chi connectivity index (χ4n) is 3.59. The van der Waals surface area contributed by atoms with Gasteiger partial charge in [0.25, 0.3) is 5.91 Å². The standard InChI is InChI=1S/C18H21N5O/c24-18(14-3-7-19-8-4-14)23-11-5-15-16(6-12-23)20-13-21-17(15)22-9-1-2-10-22/h3-4,7-8,13H,1-2,5-6,9-12H2. The van der Waals surface area contributed by atoms with Crippen LogP contribution in [0.3, 0.4) is 0 Å². The van der Waals surface area contributed by atoms with Gasteiger partial charge in [-0.25, -0.2) is 9.97 Å². The number of nitrogens with zero attached hydrogens (tertiary/aromatic N) is 5. The molecule has 4 rings (SSSR count). The zero-order chi connectivity index (χ0) is 16.4. The Bertz CT molecular complexity index is 727. The van der Waals surface area contributed by atoms with E-state index in [1.807, 2.05) is 4.90 Å². The van der Waals surface area contributed by atoms with Crippen molar-refractivity contribution in [2.45, 2.75) is 25.7 Å². The molecule has 4 heterocycles. The highest BCUT2D eigenvalue weighted by molar-refractivity contribution is 5.94. The van der Waals surface area contributed by atoms with E-state index >= 15 is 0 Å². The van der Waals surface area contributed by atoms with E-state index in [2.05, 4.69) is 19.9 Å². The third kappa shape index (κ3) is 2.84. The quantitative estimate of drug-likeness (QED) is 0.842. The van der Waals surface area contributed by atoms with Gasteiger partial charge in [0.05, 0.1) is 5.69 Å². The van der Waals surface area contributed by atoms with Crippen molar-refractivity contribution in [3.05, 3.63) is 47.7 Å². The molecule has 1 amide bonds. The van der Waals surface area contributed by atoms with Gasteiger partial charge in [-0.3, -0.25) is 9.78 Å². The zero-order valence-electron chi connectivity index (χ0n) is 13.7. The molecule has 24 heavy (non-hydrogen) atoms. The maximum absolute atomic E-state index is 12.7. The molecule has 2 aliphatic rings. The van der Waals surface area contributed by atoms with Gasteiger partial charge in [-0.15, -0.1) is 0 Å². The SMILES string of the molecule is O=C(c1ccncc1)N1CCc2ncnc(N3CCCC3)c2CC1. The van der Waals surface area contributed by atoms with Crippen LogP contribution >= 0.6 is 0 Å². The number of carbonyl (C=O) groups excluding carboxylic acids is 1. The Morgan fingerprint density at radius 2 is 1.71 bits per heavy atom. The minimum Gasteiger partial charge on any atom is -0.356 e. The van der Waals surface area contributed by atoms with Crippen molar-refractivity contribution in [3.8, 4) is 0 Å². The van der Waals surface area contributed by atoms with Crippen LogP contribution in [0, 0.1) is 0 Å². The molecule has 6 nitrogen and oxygen atoms in total. The summed E-state index contributed by atoms with van der Waals surface area (Å²) in [5, 5.41) is 0. The lowest BCUT2D eigenvalue weighted by atomic mass is 10.1. The molecule has 0 radical (unpaired) electrons. The Morgan fingerprint density at radius 1 is 0.958 bits per heavy atom. The lowest BCUT2D eigenvalue weighted by Crippen LogP contribution is -2.33. The Labute approximate surface area is 141 Å². The van der Waals surface area contributed by atoms with Crippen molar-refractivity contribution in [2.24, 2.45) is 0 Å². The average Bonchev–Trinajstić information content (AvgIpc) is 3.08. The highest BCUT2D eigenvalue weighted by Gasteiger charge is 2.25. The number of hydrogen-bond acceptors (Lipinski definition) is 5. The van der Waals surface area contributed by atoms with Gasteiger partial charge in [-0.1, -0.05) is 0 Å². The van der Waals surface area contributed by atoms with Crippen molar-refractivity contribution < 1.29 is 4.79 Å². The van der Waals surface area contributed by atoms with Crippen molar-refractivity contribution in [1.82, 2.24) is 19.9 Å². The number of rotatable bonds is 2. The summed E-state index contributed by atoms with van der Waals surface area (Å²) in [7, 11) is 0. The van der Waals surface area contributed by atoms with Gasteiger partial charge in [0.1, 0.15) is 12.1 Å². The predicted molar refractivity (Wildman–Crippen MR) is 91.0 cm³/mol. The lowest BCUT2D eigenvalue weighted by molar-refractivity contribution is 0.0763. The fourth-order valence-corrected chi connectivity index (χ4v) is 3.59. The van der Waals surface area contributed by atoms with Crippen molar-refractivity contribution in [3.63, 3.8) is 0 Å². The molecule has 1 fully saturated rings. The van der Waals surface area contributed by atoms with E-state index in [1.54, 1.807) is 30.9 Å². The molecule has 2 aromatic heterocycles. The first kappa shape index (κ1) is 15.1. The van der Waals surface area contributed by atoms with Crippen LogP contribution in [0.15, 0.2) is 30.9 Å². The molecule has 0 bridgehead atoms. The monoisotopic (exact) mass is 323 g/mol. The molecule has 2 aliphatic heterocycles. The summed E-state index contributed by atoms with van der Waals surface area (Å²) >= 11 is 0. The number of fused-ring (bicyclic) bond motifs is 1. The number of amides is 1. The molecule has 0 atom stereocenters. The fraction of sp³-hybridized carbons (Fsp3) is 0.444. The molecule has 0 N–H and O–H groups in total. The Balaban J connectivity index is 1.56. The third-order valence-electron chi connectivity index (χ3n) is 4.88. The maximum Gasteiger partial charge on any atom is 0.253 e. The van der Waals surface area contributed by atoms with Gasteiger partial charge in [0.15, 0.2) is 0 Å². The summed E-state index contributed by atoms with van der Waals surface area (Å²) < 4.78 is 0. The second kappa shape index (κ2) is 6.55. The minimum atomic E-state index is 0.0703. The second-order valence-corrected chi connectivity index (χ2v) is 6.34. The van der Waals surface area contributed by atoms with E-state index in [1.165, 1.54) is 18.4 Å². The van der Waals surface area contributed by atoms with E-state index in [0.29, 0.717) is 18.7 Å². The number of carbonyl (C=O) groups is 1. The number of pyridine rings is 1. The minimum absolute atomic E-state index is 0.0703. The van der Waals surface area contributed by atoms with Crippen LogP contribution in [0.2, 0.25) is 0 Å². The first-order valence-electron chi connectivity index (χ1n) is 8.60. The lowest BCUT2D eigenvalue weighted by Gasteiger charge is -2.21. The summed E-state index contributed by atoms with van der Waals surface area (Å²) in [5.41, 5.74) is 3.02. The molecule has 6 heteroatoms. The predicted octanol–water partition coefficient (Wildman–Crippen LogP) is 1.71. The van der Waals surface area contributed by atoms with Crippen LogP contribution in [-0.2, 0) is 12.8 Å². The summed E-state index contributed by atoms with van der Waals surface area (Å²) in [5.74, 6) is 1.15. The average molecular weight is 323 g/mol. The third-order valence-corrected chi connectivity index (χ3v) is 4.88. The molecule has 0 unspecified atom stereocenters. The van der Waals surface area contributed by atoms with Crippen LogP contribution in [-0.4, -0.2) is 51.9 Å². The Kier molecular flexibility index (Phi) is 4.11. The summed E-state index contributed by atoms with van der Waals surface area (Å²) in [6.45, 7) is 3.55. The van der Waals surface area contributed by atoms with Gasteiger partial charge in [-0.2, -0.15) is 0 Å². The second-order valence-electron chi connectivity index (χ2n) is 6.34. The number of hydrogen-bond donors (Lipinski definition) is 0. The van der Waals surface area contributed by atoms with E-state index in [0.717, 1.165) is 37.4 Å². The van der Waals surface area contributed by atoms with E-state index < -0.39 is 0 Å². The maximum atomic E-state index is 12.7. The van der Waals surface area contributed by atoms with Crippen molar-refractivity contribution in [1.29, 1.82) is 0 Å². The summed E-state index contributed by atoms with van der Waals surface area (Å²) in [6.07, 6.45) is 9.06. The van der Waals surface area contributed by atoms with Crippen LogP contribution < -0.4 is 4.90 Å². The van der Waals surface area contributed by atoms with Gasteiger partial charge in [0.2, 0.25) is 0 Å². The molecule has 0 aliphatic carbocycles. The van der Waals surface area contributed by atoms with Gasteiger partial charge < -0.3 is 9.80 Å². The largest absolute Gasteiger partial charge is 0.356 e. The summed E-state index contributed by atoms with van der Waals surface area (Å²) in [4.78, 5) is 30.0. The smallest absolute Gasteiger partial charge is 0.253 e. The first-order valence-corrected chi connectivity index (χ1v) is 8.60. The molecular weight excluding hydrogens is 302 g/mol. The van der Waals surface area contributed by atoms with Crippen LogP contribution in [0.25, 0.3) is 0 Å². The number of aromatic nitrogens is 3. The van der Waals surface area contributed by atoms with Crippen LogP contribution in [0.4, 0.5) is 5.82 Å². The van der Waals surface area contributed by atoms with Gasteiger partial charge >= 0.3 is 0 Å². The van der Waals surface area contributed by atoms with E-state index in [9.17, 15) is 4.79 Å². The van der Waals surface area contributed by atoms with E-state index in [-0.39, 0.29) is 5.91 Å². The first-order chi connectivity index (χ1) is 11.8. The summed E-state index contributed by atoms with van der Waals surface area (Å²) in [6, 6.07) is 3.55. The van der Waals surface area contributed by atoms with Crippen molar-refractivity contribution in [2.75, 3.05) is 31.1 Å². The normalized spacial score (nSPS) is 17.5. The Morgan fingerprint density at radius 3 is 2.50 bits per heavy atom. The zero-order valence-corrected chi connectivity index (χ0v) is 13.7. The highest BCUT2D eigenvalue weighted by Crippen LogP contribution is 2.26. The molecule has 124 valence electrons. The van der Waals surface area contributed by atoms with Crippen LogP contribution in [0.5, 0.6) is 0 Å². The highest BCUT2D eigenvalue weighted by atomic mass is 16.2. The molecule has 0 aromatic carbocycles. The molecule has 1 saturated heterocycles. The topological polar surface area (TPSA) is 62.2 Å². The van der Waals surface area contributed by atoms with Crippen molar-refractivity contribution >= 4 is 11.7 Å². The number of anilines is 1. The van der Waals surface area contributed by atoms with Gasteiger partial charge in [0, 0.05) is 56.1 Å². The molecule has 0 spiro atoms. The Hall–Kier alpha value is -2.50. The molecular formula is C18H21N5O. The molecule has 0 saturated carbocycles. The molecule has 2 aromatic rings. The van der Waals surface area contributed by atoms with E-state index in [4.69, 9.17) is 0 Å².